The fraction of sp³-hybridized carbons (Fsp3) is 0.222. The van der Waals surface area contributed by atoms with Crippen LogP contribution in [0.3, 0.4) is 0 Å². The zero-order valence-electron chi connectivity index (χ0n) is 14.8. The van der Waals surface area contributed by atoms with E-state index in [0.717, 1.165) is 5.56 Å². The van der Waals surface area contributed by atoms with Crippen LogP contribution in [-0.2, 0) is 14.8 Å². The van der Waals surface area contributed by atoms with E-state index in [4.69, 9.17) is 4.74 Å². The molecule has 0 saturated heterocycles. The maximum atomic E-state index is 12.4. The summed E-state index contributed by atoms with van der Waals surface area (Å²) in [7, 11) is -2.39. The number of nitrogens with zero attached hydrogens (tertiary/aromatic N) is 1. The van der Waals surface area contributed by atoms with Gasteiger partial charge in [-0.3, -0.25) is 4.79 Å². The summed E-state index contributed by atoms with van der Waals surface area (Å²) in [6.07, 6.45) is -0.947. The highest BCUT2D eigenvalue weighted by molar-refractivity contribution is 7.90. The second kappa shape index (κ2) is 7.28. The van der Waals surface area contributed by atoms with E-state index >= 15 is 0 Å². The molecule has 0 bridgehead atoms. The van der Waals surface area contributed by atoms with Crippen molar-refractivity contribution in [2.75, 3.05) is 18.5 Å². The Morgan fingerprint density at radius 2 is 1.81 bits per heavy atom. The number of amides is 3. The average Bonchev–Trinajstić information content (AvgIpc) is 2.63. The molecular weight excluding hydrogens is 370 g/mol. The van der Waals surface area contributed by atoms with Crippen molar-refractivity contribution in [2.24, 2.45) is 0 Å². The molecule has 0 aromatic heterocycles. The van der Waals surface area contributed by atoms with Crippen molar-refractivity contribution < 1.29 is 22.7 Å². The van der Waals surface area contributed by atoms with E-state index in [1.807, 2.05) is 11.6 Å². The van der Waals surface area contributed by atoms with Crippen molar-refractivity contribution in [1.29, 1.82) is 0 Å². The number of rotatable bonds is 4. The van der Waals surface area contributed by atoms with Gasteiger partial charge in [-0.1, -0.05) is 29.8 Å². The number of fused-ring (bicyclic) bond motifs is 1. The van der Waals surface area contributed by atoms with Crippen LogP contribution in [0, 0.1) is 6.92 Å². The lowest BCUT2D eigenvalue weighted by molar-refractivity contribution is -0.125. The first kappa shape index (κ1) is 18.7. The standard InChI is InChI=1S/C18H19N3O5S/c1-12-7-9-13(10-8-12)27(24,25)20-18(23)19-11-16-17(22)21(2)14-5-3-4-6-15(14)26-16/h3-10,16H,11H2,1-2H3,(H2,19,20,23). The maximum Gasteiger partial charge on any atom is 0.328 e. The second-order valence-corrected chi connectivity index (χ2v) is 7.78. The van der Waals surface area contributed by atoms with Crippen LogP contribution in [-0.4, -0.2) is 40.1 Å². The van der Waals surface area contributed by atoms with Crippen LogP contribution in [0.15, 0.2) is 53.4 Å². The Balaban J connectivity index is 1.62. The Labute approximate surface area is 157 Å². The van der Waals surface area contributed by atoms with Crippen molar-refractivity contribution in [1.82, 2.24) is 10.0 Å². The zero-order valence-corrected chi connectivity index (χ0v) is 15.6. The number of carbonyl (C=O) groups excluding carboxylic acids is 2. The third-order valence-electron chi connectivity index (χ3n) is 4.11. The first-order valence-electron chi connectivity index (χ1n) is 8.18. The molecule has 1 atom stereocenters. The van der Waals surface area contributed by atoms with Gasteiger partial charge in [0, 0.05) is 7.05 Å². The molecule has 1 heterocycles. The van der Waals surface area contributed by atoms with Crippen LogP contribution >= 0.6 is 0 Å². The van der Waals surface area contributed by atoms with Crippen molar-refractivity contribution >= 4 is 27.6 Å². The summed E-state index contributed by atoms with van der Waals surface area (Å²) in [6.45, 7) is 1.65. The number of hydrogen-bond acceptors (Lipinski definition) is 5. The van der Waals surface area contributed by atoms with Gasteiger partial charge in [0.1, 0.15) is 5.75 Å². The highest BCUT2D eigenvalue weighted by Crippen LogP contribution is 2.32. The molecule has 3 amide bonds. The number of urea groups is 1. The highest BCUT2D eigenvalue weighted by atomic mass is 32.2. The van der Waals surface area contributed by atoms with Gasteiger partial charge in [-0.25, -0.2) is 17.9 Å². The molecule has 27 heavy (non-hydrogen) atoms. The number of hydrogen-bond donors (Lipinski definition) is 2. The predicted octanol–water partition coefficient (Wildman–Crippen LogP) is 1.41. The van der Waals surface area contributed by atoms with Crippen LogP contribution in [0.2, 0.25) is 0 Å². The lowest BCUT2D eigenvalue weighted by Crippen LogP contribution is -2.51. The second-order valence-electron chi connectivity index (χ2n) is 6.10. The molecule has 2 aromatic rings. The Bertz CT molecular complexity index is 973. The summed E-state index contributed by atoms with van der Waals surface area (Å²) in [4.78, 5) is 25.8. The Morgan fingerprint density at radius 1 is 1.15 bits per heavy atom. The molecule has 1 aliphatic heterocycles. The summed E-state index contributed by atoms with van der Waals surface area (Å²) >= 11 is 0. The van der Waals surface area contributed by atoms with Gasteiger partial charge in [0.25, 0.3) is 15.9 Å². The number of ether oxygens (including phenoxy) is 1. The average molecular weight is 389 g/mol. The quantitative estimate of drug-likeness (QED) is 0.823. The van der Waals surface area contributed by atoms with E-state index in [-0.39, 0.29) is 17.3 Å². The van der Waals surface area contributed by atoms with E-state index in [1.165, 1.54) is 17.0 Å². The molecule has 2 aromatic carbocycles. The number of aryl methyl sites for hydroxylation is 1. The summed E-state index contributed by atoms with van der Waals surface area (Å²) in [5.41, 5.74) is 1.53. The number of likely N-dealkylation sites (N-methyl/N-ethyl adjacent to an activating group) is 1. The van der Waals surface area contributed by atoms with Crippen molar-refractivity contribution in [2.45, 2.75) is 17.9 Å². The topological polar surface area (TPSA) is 105 Å². The van der Waals surface area contributed by atoms with E-state index in [1.54, 1.807) is 43.4 Å². The highest BCUT2D eigenvalue weighted by Gasteiger charge is 2.32. The zero-order chi connectivity index (χ0) is 19.6. The molecular formula is C18H19N3O5S. The molecule has 0 spiro atoms. The number of sulfonamides is 1. The first-order valence-corrected chi connectivity index (χ1v) is 9.67. The van der Waals surface area contributed by atoms with Crippen LogP contribution in [0.4, 0.5) is 10.5 Å². The van der Waals surface area contributed by atoms with Gasteiger partial charge in [-0.2, -0.15) is 0 Å². The molecule has 0 saturated carbocycles. The van der Waals surface area contributed by atoms with Crippen LogP contribution < -0.4 is 19.7 Å². The normalized spacial score (nSPS) is 16.3. The lowest BCUT2D eigenvalue weighted by atomic mass is 10.2. The van der Waals surface area contributed by atoms with Gasteiger partial charge >= 0.3 is 6.03 Å². The first-order chi connectivity index (χ1) is 12.8. The third-order valence-corrected chi connectivity index (χ3v) is 5.46. The Morgan fingerprint density at radius 3 is 2.52 bits per heavy atom. The molecule has 1 unspecified atom stereocenters. The summed E-state index contributed by atoms with van der Waals surface area (Å²) in [6, 6.07) is 12.2. The fourth-order valence-corrected chi connectivity index (χ4v) is 3.55. The van der Waals surface area contributed by atoms with Gasteiger partial charge in [-0.05, 0) is 31.2 Å². The minimum atomic E-state index is -4.00. The largest absolute Gasteiger partial charge is 0.477 e. The van der Waals surface area contributed by atoms with Crippen molar-refractivity contribution in [3.8, 4) is 5.75 Å². The van der Waals surface area contributed by atoms with Gasteiger partial charge in [0.2, 0.25) is 0 Å². The van der Waals surface area contributed by atoms with Crippen molar-refractivity contribution in [3.63, 3.8) is 0 Å². The number of para-hydroxylation sites is 2. The van der Waals surface area contributed by atoms with Crippen molar-refractivity contribution in [3.05, 3.63) is 54.1 Å². The molecule has 0 fully saturated rings. The summed E-state index contributed by atoms with van der Waals surface area (Å²) in [5, 5.41) is 2.37. The van der Waals surface area contributed by atoms with E-state index in [0.29, 0.717) is 11.4 Å². The summed E-state index contributed by atoms with van der Waals surface area (Å²) < 4.78 is 31.9. The van der Waals surface area contributed by atoms with Gasteiger partial charge in [0.05, 0.1) is 17.1 Å². The third kappa shape index (κ3) is 4.03. The number of benzene rings is 2. The smallest absolute Gasteiger partial charge is 0.328 e. The Kier molecular flexibility index (Phi) is 5.04. The molecule has 9 heteroatoms. The molecule has 3 rings (SSSR count). The number of nitrogens with one attached hydrogen (secondary N) is 2. The van der Waals surface area contributed by atoms with E-state index in [2.05, 4.69) is 5.32 Å². The lowest BCUT2D eigenvalue weighted by Gasteiger charge is -2.31. The molecule has 0 aliphatic carbocycles. The van der Waals surface area contributed by atoms with Gasteiger partial charge in [-0.15, -0.1) is 0 Å². The van der Waals surface area contributed by atoms with Crippen LogP contribution in [0.5, 0.6) is 5.75 Å². The van der Waals surface area contributed by atoms with E-state index in [9.17, 15) is 18.0 Å². The fourth-order valence-electron chi connectivity index (χ4n) is 2.62. The van der Waals surface area contributed by atoms with Crippen LogP contribution in [0.25, 0.3) is 0 Å². The Hall–Kier alpha value is -3.07. The predicted molar refractivity (Wildman–Crippen MR) is 99.2 cm³/mol. The number of carbonyl (C=O) groups is 2. The minimum Gasteiger partial charge on any atom is -0.477 e. The monoisotopic (exact) mass is 389 g/mol. The molecule has 1 aliphatic rings. The summed E-state index contributed by atoms with van der Waals surface area (Å²) in [5.74, 6) is 0.175. The number of anilines is 1. The maximum absolute atomic E-state index is 12.4. The van der Waals surface area contributed by atoms with Crippen LogP contribution in [0.1, 0.15) is 5.56 Å². The SMILES string of the molecule is Cc1ccc(S(=O)(=O)NC(=O)NCC2Oc3ccccc3N(C)C2=O)cc1. The molecule has 142 valence electrons. The van der Waals surface area contributed by atoms with Gasteiger partial charge in [0.15, 0.2) is 6.10 Å². The molecule has 8 nitrogen and oxygen atoms in total. The minimum absolute atomic E-state index is 0.0260. The molecule has 2 N–H and O–H groups in total. The molecule has 0 radical (unpaired) electrons. The van der Waals surface area contributed by atoms with E-state index < -0.39 is 22.2 Å². The van der Waals surface area contributed by atoms with Gasteiger partial charge < -0.3 is 15.0 Å².